The number of alkyl halides is 6. The normalized spacial score (nSPS) is 15.7. The maximum atomic E-state index is 14.2. The summed E-state index contributed by atoms with van der Waals surface area (Å²) in [6.07, 6.45) is -9.23. The summed E-state index contributed by atoms with van der Waals surface area (Å²) in [6, 6.07) is 30.5. The molecule has 7 rings (SSSR count). The van der Waals surface area contributed by atoms with Gasteiger partial charge in [-0.25, -0.2) is 0 Å². The second-order valence-electron chi connectivity index (χ2n) is 16.7. The summed E-state index contributed by atoms with van der Waals surface area (Å²) < 4.78 is 89.7. The molecule has 0 aliphatic carbocycles. The number of aryl methyl sites for hydroxylation is 1. The molecular formula is C46H48F6N2O3. The van der Waals surface area contributed by atoms with Crippen LogP contribution in [0.3, 0.4) is 0 Å². The predicted octanol–water partition coefficient (Wildman–Crippen LogP) is 11.1. The molecule has 6 aromatic rings. The first-order valence-electron chi connectivity index (χ1n) is 18.9. The molecule has 0 saturated carbocycles. The molecule has 3 N–H and O–H groups in total. The number of nitrogens with zero attached hydrogens (tertiary/aromatic N) is 1. The number of pyridine rings is 1. The van der Waals surface area contributed by atoms with Crippen LogP contribution in [0.5, 0.6) is 5.75 Å². The molecule has 2 atom stereocenters. The van der Waals surface area contributed by atoms with Crippen molar-refractivity contribution < 1.29 is 41.3 Å². The maximum Gasteiger partial charge on any atom is 0.417 e. The Balaban J connectivity index is 0.000000194. The van der Waals surface area contributed by atoms with Crippen LogP contribution in [0.25, 0.3) is 21.8 Å². The number of para-hydroxylation sites is 2. The first-order chi connectivity index (χ1) is 26.6. The van der Waals surface area contributed by atoms with Gasteiger partial charge in [-0.05, 0) is 88.6 Å². The molecule has 11 heteroatoms. The van der Waals surface area contributed by atoms with Gasteiger partial charge < -0.3 is 19.9 Å². The van der Waals surface area contributed by atoms with Crippen molar-refractivity contribution in [2.24, 2.45) is 0 Å². The number of hydrogen-bond donors (Lipinski definition) is 3. The summed E-state index contributed by atoms with van der Waals surface area (Å²) in [6.45, 7) is 9.47. The van der Waals surface area contributed by atoms with Crippen molar-refractivity contribution in [2.45, 2.75) is 101 Å². The Morgan fingerprint density at radius 3 is 1.95 bits per heavy atom. The van der Waals surface area contributed by atoms with Crippen LogP contribution in [0.1, 0.15) is 74.0 Å². The van der Waals surface area contributed by atoms with E-state index in [4.69, 9.17) is 4.74 Å². The van der Waals surface area contributed by atoms with Crippen molar-refractivity contribution in [1.82, 2.24) is 9.97 Å². The van der Waals surface area contributed by atoms with Gasteiger partial charge in [0, 0.05) is 42.1 Å². The molecule has 0 bridgehead atoms. The third-order valence-corrected chi connectivity index (χ3v) is 11.1. The molecule has 0 spiro atoms. The van der Waals surface area contributed by atoms with Gasteiger partial charge in [0.25, 0.3) is 0 Å². The second kappa shape index (κ2) is 15.5. The summed E-state index contributed by atoms with van der Waals surface area (Å²) in [5.41, 5.74) is -1.72. The van der Waals surface area contributed by atoms with Crippen molar-refractivity contribution in [2.75, 3.05) is 6.61 Å². The lowest BCUT2D eigenvalue weighted by atomic mass is 9.72. The van der Waals surface area contributed by atoms with Gasteiger partial charge in [0.1, 0.15) is 5.75 Å². The van der Waals surface area contributed by atoms with E-state index in [9.17, 15) is 36.6 Å². The van der Waals surface area contributed by atoms with Gasteiger partial charge in [0.15, 0.2) is 11.2 Å². The number of benzene rings is 4. The van der Waals surface area contributed by atoms with Crippen LogP contribution in [0, 0.1) is 6.92 Å². The Kier molecular flexibility index (Phi) is 11.3. The topological polar surface area (TPSA) is 78.4 Å². The molecule has 4 aromatic carbocycles. The fraction of sp³-hybridized carbons (Fsp3) is 0.370. The summed E-state index contributed by atoms with van der Waals surface area (Å²) in [7, 11) is 0. The molecular weight excluding hydrogens is 743 g/mol. The molecule has 0 saturated heterocycles. The molecule has 3 heterocycles. The lowest BCUT2D eigenvalue weighted by Crippen LogP contribution is -2.50. The van der Waals surface area contributed by atoms with Gasteiger partial charge in [0.2, 0.25) is 0 Å². The van der Waals surface area contributed by atoms with Crippen molar-refractivity contribution >= 4 is 21.8 Å². The summed E-state index contributed by atoms with van der Waals surface area (Å²) in [5, 5.41) is 23.2. The van der Waals surface area contributed by atoms with E-state index in [0.29, 0.717) is 28.8 Å². The van der Waals surface area contributed by atoms with Crippen LogP contribution in [0.2, 0.25) is 0 Å². The first-order valence-corrected chi connectivity index (χ1v) is 18.9. The van der Waals surface area contributed by atoms with E-state index >= 15 is 0 Å². The second-order valence-corrected chi connectivity index (χ2v) is 16.7. The zero-order valence-electron chi connectivity index (χ0n) is 32.7. The molecule has 1 aliphatic rings. The van der Waals surface area contributed by atoms with Crippen LogP contribution in [0.4, 0.5) is 26.3 Å². The lowest BCUT2D eigenvalue weighted by molar-refractivity contribution is -0.266. The zero-order valence-corrected chi connectivity index (χ0v) is 32.7. The zero-order chi connectivity index (χ0) is 41.4. The standard InChI is InChI=1S/C24H24F3NO2.C22H24F3NO/c1-22(2,18-7-8-21-16(13-18)10-12-30-21)15-23(29,24(25,26)27)14-17-9-11-28-20-6-4-3-5-19(17)20;1-15-8-10-17(11-9-15)20(2,3)14-21(27,22(23,24)25)13-18-12-16-6-4-5-7-19(16)26-18/h3-9,11,13,29H,10,12,14-15H2,1-2H3;4-12,26-27H,13-14H2,1-3H3. The molecule has 0 amide bonds. The van der Waals surface area contributed by atoms with Crippen LogP contribution in [0.15, 0.2) is 109 Å². The summed E-state index contributed by atoms with van der Waals surface area (Å²) in [5.74, 6) is 0.781. The SMILES string of the molecule is CC(C)(CC(O)(Cc1ccnc2ccccc12)C(F)(F)F)c1ccc2c(c1)CCO2.Cc1ccc(C(C)(C)CC(O)(Cc2cc3ccccc3[nH]2)C(F)(F)F)cc1. The number of fused-ring (bicyclic) bond motifs is 3. The Hall–Kier alpha value is -4.87. The quantitative estimate of drug-likeness (QED) is 0.121. The molecule has 57 heavy (non-hydrogen) atoms. The Bertz CT molecular complexity index is 2290. The van der Waals surface area contributed by atoms with E-state index in [0.717, 1.165) is 45.3 Å². The smallest absolute Gasteiger partial charge is 0.417 e. The number of aromatic amines is 1. The van der Waals surface area contributed by atoms with Gasteiger partial charge in [-0.15, -0.1) is 0 Å². The predicted molar refractivity (Wildman–Crippen MR) is 212 cm³/mol. The highest BCUT2D eigenvalue weighted by Crippen LogP contribution is 2.45. The minimum absolute atomic E-state index is 0.371. The number of aliphatic hydroxyl groups is 2. The molecule has 0 radical (unpaired) electrons. The van der Waals surface area contributed by atoms with E-state index in [-0.39, 0.29) is 0 Å². The first kappa shape index (κ1) is 41.8. The number of H-pyrrole nitrogens is 1. The van der Waals surface area contributed by atoms with E-state index in [1.165, 1.54) is 6.20 Å². The van der Waals surface area contributed by atoms with Crippen molar-refractivity contribution in [3.63, 3.8) is 0 Å². The summed E-state index contributed by atoms with van der Waals surface area (Å²) in [4.78, 5) is 7.21. The average Bonchev–Trinajstić information content (AvgIpc) is 3.77. The van der Waals surface area contributed by atoms with Gasteiger partial charge in [-0.3, -0.25) is 4.98 Å². The fourth-order valence-corrected chi connectivity index (χ4v) is 7.97. The third kappa shape index (κ3) is 9.15. The lowest BCUT2D eigenvalue weighted by Gasteiger charge is -2.38. The highest BCUT2D eigenvalue weighted by atomic mass is 19.4. The van der Waals surface area contributed by atoms with Crippen molar-refractivity contribution in [3.8, 4) is 5.75 Å². The third-order valence-electron chi connectivity index (χ3n) is 11.1. The minimum atomic E-state index is -4.78. The van der Waals surface area contributed by atoms with Crippen LogP contribution in [-0.4, -0.2) is 50.3 Å². The van der Waals surface area contributed by atoms with E-state index in [2.05, 4.69) is 9.97 Å². The van der Waals surface area contributed by atoms with Crippen LogP contribution in [-0.2, 0) is 30.1 Å². The molecule has 2 aromatic heterocycles. The fourth-order valence-electron chi connectivity index (χ4n) is 7.97. The number of aromatic nitrogens is 2. The van der Waals surface area contributed by atoms with E-state index in [1.54, 1.807) is 70.2 Å². The monoisotopic (exact) mass is 790 g/mol. The molecule has 0 fully saturated rings. The van der Waals surface area contributed by atoms with Crippen molar-refractivity contribution in [1.29, 1.82) is 0 Å². The number of rotatable bonds is 10. The Morgan fingerprint density at radius 2 is 1.28 bits per heavy atom. The van der Waals surface area contributed by atoms with E-state index < -0.39 is 60.1 Å². The van der Waals surface area contributed by atoms with Crippen LogP contribution >= 0.6 is 0 Å². The molecule has 302 valence electrons. The highest BCUT2D eigenvalue weighted by Gasteiger charge is 2.57. The average molecular weight is 791 g/mol. The highest BCUT2D eigenvalue weighted by molar-refractivity contribution is 5.82. The largest absolute Gasteiger partial charge is 0.493 e. The number of hydrogen-bond acceptors (Lipinski definition) is 4. The van der Waals surface area contributed by atoms with E-state index in [1.807, 2.05) is 67.6 Å². The maximum absolute atomic E-state index is 14.2. The summed E-state index contributed by atoms with van der Waals surface area (Å²) >= 11 is 0. The molecule has 2 unspecified atom stereocenters. The molecule has 1 aliphatic heterocycles. The van der Waals surface area contributed by atoms with Crippen molar-refractivity contribution in [3.05, 3.63) is 143 Å². The number of nitrogens with one attached hydrogen (secondary N) is 1. The minimum Gasteiger partial charge on any atom is -0.493 e. The number of ether oxygens (including phenoxy) is 1. The Labute approximate surface area is 328 Å². The van der Waals surface area contributed by atoms with Gasteiger partial charge >= 0.3 is 12.4 Å². The molecule has 5 nitrogen and oxygen atoms in total. The van der Waals surface area contributed by atoms with Gasteiger partial charge in [-0.1, -0.05) is 106 Å². The van der Waals surface area contributed by atoms with Crippen LogP contribution < -0.4 is 4.74 Å². The van der Waals surface area contributed by atoms with Gasteiger partial charge in [0.05, 0.1) is 12.1 Å². The van der Waals surface area contributed by atoms with Gasteiger partial charge in [-0.2, -0.15) is 26.3 Å². The number of halogens is 6. The Morgan fingerprint density at radius 1 is 0.684 bits per heavy atom.